The van der Waals surface area contributed by atoms with Crippen LogP contribution in [-0.2, 0) is 0 Å². The van der Waals surface area contributed by atoms with Gasteiger partial charge in [-0.1, -0.05) is 20.8 Å². The molecule has 0 bridgehead atoms. The maximum atomic E-state index is 11.8. The van der Waals surface area contributed by atoms with Crippen LogP contribution in [0.4, 0.5) is 10.5 Å². The highest BCUT2D eigenvalue weighted by molar-refractivity contribution is 5.95. The van der Waals surface area contributed by atoms with Gasteiger partial charge in [0.05, 0.1) is 0 Å². The van der Waals surface area contributed by atoms with Gasteiger partial charge in [0.25, 0.3) is 5.91 Å². The van der Waals surface area contributed by atoms with E-state index in [1.54, 1.807) is 24.3 Å². The highest BCUT2D eigenvalue weighted by Crippen LogP contribution is 2.09. The largest absolute Gasteiger partial charge is 0.352 e. The molecule has 20 heavy (non-hydrogen) atoms. The third-order valence-electron chi connectivity index (χ3n) is 2.61. The summed E-state index contributed by atoms with van der Waals surface area (Å²) < 4.78 is 0. The van der Waals surface area contributed by atoms with E-state index < -0.39 is 0 Å². The molecule has 1 aromatic carbocycles. The van der Waals surface area contributed by atoms with Gasteiger partial charge >= 0.3 is 6.03 Å². The van der Waals surface area contributed by atoms with E-state index in [1.807, 2.05) is 20.8 Å². The quantitative estimate of drug-likeness (QED) is 0.748. The summed E-state index contributed by atoms with van der Waals surface area (Å²) in [5, 5.41) is 8.28. The maximum absolute atomic E-state index is 11.8. The highest BCUT2D eigenvalue weighted by Gasteiger charge is 2.06. The van der Waals surface area contributed by atoms with Crippen molar-refractivity contribution in [1.29, 1.82) is 0 Å². The molecule has 0 heterocycles. The predicted octanol–water partition coefficient (Wildman–Crippen LogP) is 2.60. The van der Waals surface area contributed by atoms with Gasteiger partial charge in [0, 0.05) is 24.3 Å². The summed E-state index contributed by atoms with van der Waals surface area (Å²) >= 11 is 0. The zero-order valence-electron chi connectivity index (χ0n) is 12.3. The molecule has 0 aromatic heterocycles. The molecule has 0 radical (unpaired) electrons. The van der Waals surface area contributed by atoms with Crippen LogP contribution in [0.25, 0.3) is 0 Å². The molecule has 0 saturated carbocycles. The lowest BCUT2D eigenvalue weighted by Gasteiger charge is -2.09. The van der Waals surface area contributed by atoms with Gasteiger partial charge in [0.15, 0.2) is 0 Å². The van der Waals surface area contributed by atoms with Crippen molar-refractivity contribution in [3.8, 4) is 0 Å². The Morgan fingerprint density at radius 1 is 1.10 bits per heavy atom. The third-order valence-corrected chi connectivity index (χ3v) is 2.61. The Kier molecular flexibility index (Phi) is 6.56. The molecule has 0 aliphatic heterocycles. The van der Waals surface area contributed by atoms with E-state index in [4.69, 9.17) is 0 Å². The lowest BCUT2D eigenvalue weighted by Crippen LogP contribution is -2.29. The van der Waals surface area contributed by atoms with Crippen molar-refractivity contribution in [2.24, 2.45) is 5.92 Å². The van der Waals surface area contributed by atoms with Gasteiger partial charge < -0.3 is 16.0 Å². The Hall–Kier alpha value is -2.04. The first-order valence-electron chi connectivity index (χ1n) is 6.96. The number of benzene rings is 1. The number of hydrogen-bond acceptors (Lipinski definition) is 2. The van der Waals surface area contributed by atoms with Crippen LogP contribution in [0.1, 0.15) is 37.6 Å². The van der Waals surface area contributed by atoms with E-state index in [1.165, 1.54) is 0 Å². The second-order valence-corrected chi connectivity index (χ2v) is 5.06. The number of nitrogens with one attached hydrogen (secondary N) is 3. The Morgan fingerprint density at radius 3 is 2.30 bits per heavy atom. The predicted molar refractivity (Wildman–Crippen MR) is 80.9 cm³/mol. The highest BCUT2D eigenvalue weighted by atomic mass is 16.2. The molecule has 5 heteroatoms. The second kappa shape index (κ2) is 8.19. The number of anilines is 1. The van der Waals surface area contributed by atoms with Crippen molar-refractivity contribution in [2.45, 2.75) is 27.2 Å². The van der Waals surface area contributed by atoms with Crippen molar-refractivity contribution >= 4 is 17.6 Å². The Labute approximate surface area is 120 Å². The molecule has 5 nitrogen and oxygen atoms in total. The maximum Gasteiger partial charge on any atom is 0.319 e. The first kappa shape index (κ1) is 16.0. The van der Waals surface area contributed by atoms with Crippen LogP contribution in [0.15, 0.2) is 24.3 Å². The molecule has 0 saturated heterocycles. The average molecular weight is 277 g/mol. The van der Waals surface area contributed by atoms with Crippen molar-refractivity contribution in [2.75, 3.05) is 18.4 Å². The number of rotatable bonds is 6. The standard InChI is InChI=1S/C15H23N3O2/c1-4-9-16-15(20)18-13-7-5-12(6-8-13)14(19)17-10-11(2)3/h5-8,11H,4,9-10H2,1-3H3,(H,17,19)(H2,16,18,20). The van der Waals surface area contributed by atoms with Gasteiger partial charge in [-0.3, -0.25) is 4.79 Å². The van der Waals surface area contributed by atoms with Gasteiger partial charge in [-0.15, -0.1) is 0 Å². The number of hydrogen-bond donors (Lipinski definition) is 3. The summed E-state index contributed by atoms with van der Waals surface area (Å²) in [7, 11) is 0. The van der Waals surface area contributed by atoms with Crippen LogP contribution < -0.4 is 16.0 Å². The molecule has 3 amide bonds. The lowest BCUT2D eigenvalue weighted by molar-refractivity contribution is 0.0949. The van der Waals surface area contributed by atoms with Crippen LogP contribution in [0.2, 0.25) is 0 Å². The normalized spacial score (nSPS) is 10.2. The number of carbonyl (C=O) groups is 2. The molecule has 1 aromatic rings. The number of urea groups is 1. The van der Waals surface area contributed by atoms with Crippen LogP contribution in [-0.4, -0.2) is 25.0 Å². The minimum Gasteiger partial charge on any atom is -0.352 e. The minimum absolute atomic E-state index is 0.0966. The minimum atomic E-state index is -0.233. The van der Waals surface area contributed by atoms with Crippen LogP contribution >= 0.6 is 0 Å². The second-order valence-electron chi connectivity index (χ2n) is 5.06. The van der Waals surface area contributed by atoms with Gasteiger partial charge in [0.2, 0.25) is 0 Å². The molecule has 0 spiro atoms. The van der Waals surface area contributed by atoms with Crippen molar-refractivity contribution in [3.05, 3.63) is 29.8 Å². The van der Waals surface area contributed by atoms with E-state index in [9.17, 15) is 9.59 Å². The van der Waals surface area contributed by atoms with Crippen LogP contribution in [0.5, 0.6) is 0 Å². The van der Waals surface area contributed by atoms with Gasteiger partial charge in [-0.2, -0.15) is 0 Å². The van der Waals surface area contributed by atoms with E-state index >= 15 is 0 Å². The molecule has 0 aliphatic rings. The van der Waals surface area contributed by atoms with Crippen molar-refractivity contribution < 1.29 is 9.59 Å². The molecule has 0 aliphatic carbocycles. The van der Waals surface area contributed by atoms with Gasteiger partial charge in [0.1, 0.15) is 0 Å². The van der Waals surface area contributed by atoms with Crippen LogP contribution in [0.3, 0.4) is 0 Å². The van der Waals surface area contributed by atoms with Crippen molar-refractivity contribution in [1.82, 2.24) is 10.6 Å². The zero-order valence-corrected chi connectivity index (χ0v) is 12.3. The topological polar surface area (TPSA) is 70.2 Å². The fourth-order valence-electron chi connectivity index (χ4n) is 1.52. The SMILES string of the molecule is CCCNC(=O)Nc1ccc(C(=O)NCC(C)C)cc1. The third kappa shape index (κ3) is 5.73. The van der Waals surface area contributed by atoms with Gasteiger partial charge in [-0.25, -0.2) is 4.79 Å². The molecule has 0 atom stereocenters. The van der Waals surface area contributed by atoms with E-state index in [-0.39, 0.29) is 11.9 Å². The summed E-state index contributed by atoms with van der Waals surface area (Å²) in [6, 6.07) is 6.60. The van der Waals surface area contributed by atoms with E-state index in [2.05, 4.69) is 16.0 Å². The molecule has 110 valence electrons. The van der Waals surface area contributed by atoms with E-state index in [0.29, 0.717) is 30.3 Å². The Bertz CT molecular complexity index is 441. The fraction of sp³-hybridized carbons (Fsp3) is 0.467. The molecule has 0 unspecified atom stereocenters. The molecule has 1 rings (SSSR count). The monoisotopic (exact) mass is 277 g/mol. The Morgan fingerprint density at radius 2 is 1.75 bits per heavy atom. The fourth-order valence-corrected chi connectivity index (χ4v) is 1.52. The first-order chi connectivity index (χ1) is 9.52. The number of amides is 3. The molecule has 3 N–H and O–H groups in total. The zero-order chi connectivity index (χ0) is 15.0. The molecule has 0 fully saturated rings. The molecular formula is C15H23N3O2. The number of carbonyl (C=O) groups excluding carboxylic acids is 2. The van der Waals surface area contributed by atoms with E-state index in [0.717, 1.165) is 6.42 Å². The van der Waals surface area contributed by atoms with Crippen LogP contribution in [0, 0.1) is 5.92 Å². The molecular weight excluding hydrogens is 254 g/mol. The Balaban J connectivity index is 2.51. The van der Waals surface area contributed by atoms with Gasteiger partial charge in [-0.05, 0) is 36.6 Å². The lowest BCUT2D eigenvalue weighted by atomic mass is 10.1. The summed E-state index contributed by atoms with van der Waals surface area (Å²) in [5.41, 5.74) is 1.25. The summed E-state index contributed by atoms with van der Waals surface area (Å²) in [6.07, 6.45) is 0.891. The smallest absolute Gasteiger partial charge is 0.319 e. The summed E-state index contributed by atoms with van der Waals surface area (Å²) in [4.78, 5) is 23.3. The van der Waals surface area contributed by atoms with Crippen molar-refractivity contribution in [3.63, 3.8) is 0 Å². The summed E-state index contributed by atoms with van der Waals surface area (Å²) in [5.74, 6) is 0.322. The first-order valence-corrected chi connectivity index (χ1v) is 6.96. The summed E-state index contributed by atoms with van der Waals surface area (Å²) in [6.45, 7) is 7.37. The average Bonchev–Trinajstić information content (AvgIpc) is 2.43.